The number of ether oxygens (including phenoxy) is 2. The van der Waals surface area contributed by atoms with E-state index in [9.17, 15) is 14.4 Å². The van der Waals surface area contributed by atoms with Crippen molar-refractivity contribution in [3.63, 3.8) is 0 Å². The van der Waals surface area contributed by atoms with Gasteiger partial charge in [0.05, 0.1) is 5.92 Å². The molecule has 1 rings (SSSR count). The Kier molecular flexibility index (Phi) is 4.74. The van der Waals surface area contributed by atoms with Crippen LogP contribution in [-0.2, 0) is 23.9 Å². The Morgan fingerprint density at radius 2 is 2.35 bits per heavy atom. The van der Waals surface area contributed by atoms with E-state index in [1.165, 1.54) is 6.92 Å². The van der Waals surface area contributed by atoms with Crippen LogP contribution < -0.4 is 5.32 Å². The van der Waals surface area contributed by atoms with Gasteiger partial charge in [-0.3, -0.25) is 9.59 Å². The van der Waals surface area contributed by atoms with Gasteiger partial charge in [-0.1, -0.05) is 11.6 Å². The van der Waals surface area contributed by atoms with Crippen molar-refractivity contribution >= 4 is 29.9 Å². The van der Waals surface area contributed by atoms with Crippen molar-refractivity contribution in [2.24, 2.45) is 5.92 Å². The molecule has 0 aromatic carbocycles. The number of esters is 2. The second-order valence-electron chi connectivity index (χ2n) is 3.85. The van der Waals surface area contributed by atoms with Crippen LogP contribution in [0.5, 0.6) is 0 Å². The van der Waals surface area contributed by atoms with E-state index in [0.29, 0.717) is 6.41 Å². The van der Waals surface area contributed by atoms with E-state index in [1.807, 2.05) is 0 Å². The highest BCUT2D eigenvalue weighted by Gasteiger charge is 2.40. The standard InChI is InChI=1S/C10H14ClNO5/c1-5-7(16-9(5)14)3-8(11)17-10(15)6(2)12-4-13/h4-8H,3H2,1-2H3,(H,12,13)/t5-,6-,7-,8+/m0/s1. The Labute approximate surface area is 104 Å². The number of alkyl halides is 1. The predicted octanol–water partition coefficient (Wildman–Crippen LogP) is 0.181. The Bertz CT molecular complexity index is 322. The number of hydrogen-bond acceptors (Lipinski definition) is 5. The maximum atomic E-state index is 11.3. The second-order valence-corrected chi connectivity index (χ2v) is 4.34. The van der Waals surface area contributed by atoms with E-state index >= 15 is 0 Å². The summed E-state index contributed by atoms with van der Waals surface area (Å²) in [5.74, 6) is -1.13. The third-order valence-electron chi connectivity index (χ3n) is 2.53. The van der Waals surface area contributed by atoms with Crippen LogP contribution in [0.2, 0.25) is 0 Å². The third kappa shape index (κ3) is 3.59. The van der Waals surface area contributed by atoms with Gasteiger partial charge in [-0.2, -0.15) is 0 Å². The van der Waals surface area contributed by atoms with Crippen molar-refractivity contribution in [2.45, 2.75) is 38.0 Å². The summed E-state index contributed by atoms with van der Waals surface area (Å²) in [4.78, 5) is 32.3. The van der Waals surface area contributed by atoms with Gasteiger partial charge in [-0.05, 0) is 13.8 Å². The molecule has 1 heterocycles. The van der Waals surface area contributed by atoms with Crippen LogP contribution in [-0.4, -0.2) is 36.1 Å². The number of nitrogens with one attached hydrogen (secondary N) is 1. The topological polar surface area (TPSA) is 81.7 Å². The van der Waals surface area contributed by atoms with Crippen LogP contribution in [0.15, 0.2) is 0 Å². The summed E-state index contributed by atoms with van der Waals surface area (Å²) in [6.07, 6.45) is 0.339. The van der Waals surface area contributed by atoms with Crippen molar-refractivity contribution in [2.75, 3.05) is 0 Å². The van der Waals surface area contributed by atoms with E-state index in [2.05, 4.69) is 5.32 Å². The first-order valence-electron chi connectivity index (χ1n) is 5.20. The first-order chi connectivity index (χ1) is 7.95. The molecular weight excluding hydrogens is 250 g/mol. The molecule has 0 spiro atoms. The number of carbonyl (C=O) groups is 3. The van der Waals surface area contributed by atoms with Crippen molar-refractivity contribution in [3.8, 4) is 0 Å². The molecule has 0 radical (unpaired) electrons. The van der Waals surface area contributed by atoms with Crippen molar-refractivity contribution in [1.82, 2.24) is 5.32 Å². The van der Waals surface area contributed by atoms with Gasteiger partial charge in [0.2, 0.25) is 6.41 Å². The van der Waals surface area contributed by atoms with E-state index in [4.69, 9.17) is 21.1 Å². The minimum atomic E-state index is -0.876. The molecule has 0 saturated carbocycles. The molecule has 1 saturated heterocycles. The zero-order chi connectivity index (χ0) is 13.0. The predicted molar refractivity (Wildman–Crippen MR) is 58.1 cm³/mol. The molecule has 1 N–H and O–H groups in total. The van der Waals surface area contributed by atoms with Crippen molar-refractivity contribution in [1.29, 1.82) is 0 Å². The number of hydrogen-bond donors (Lipinski definition) is 1. The molecule has 1 aliphatic heterocycles. The highest BCUT2D eigenvalue weighted by molar-refractivity contribution is 6.20. The normalized spacial score (nSPS) is 26.2. The lowest BCUT2D eigenvalue weighted by Crippen LogP contribution is -2.45. The van der Waals surface area contributed by atoms with Crippen LogP contribution in [0.1, 0.15) is 20.3 Å². The first kappa shape index (κ1) is 13.8. The summed E-state index contributed by atoms with van der Waals surface area (Å²) >= 11 is 5.79. The quantitative estimate of drug-likeness (QED) is 0.420. The molecule has 6 nitrogen and oxygen atoms in total. The third-order valence-corrected chi connectivity index (χ3v) is 2.80. The summed E-state index contributed by atoms with van der Waals surface area (Å²) in [6, 6.07) is -0.755. The Morgan fingerprint density at radius 3 is 2.82 bits per heavy atom. The SMILES string of the molecule is C[C@H](NC=O)C(=O)O[C@@H](Cl)C[C@@H]1OC(=O)[C@H]1C. The lowest BCUT2D eigenvalue weighted by molar-refractivity contribution is -0.185. The van der Waals surface area contributed by atoms with Crippen LogP contribution >= 0.6 is 11.6 Å². The van der Waals surface area contributed by atoms with Crippen LogP contribution in [0.25, 0.3) is 0 Å². The summed E-state index contributed by atoms with van der Waals surface area (Å²) in [7, 11) is 0. The van der Waals surface area contributed by atoms with Gasteiger partial charge < -0.3 is 14.8 Å². The number of amides is 1. The van der Waals surface area contributed by atoms with Crippen molar-refractivity contribution in [3.05, 3.63) is 0 Å². The van der Waals surface area contributed by atoms with E-state index in [-0.39, 0.29) is 24.4 Å². The molecule has 4 atom stereocenters. The molecule has 1 aliphatic rings. The Balaban J connectivity index is 2.29. The average Bonchev–Trinajstić information content (AvgIpc) is 2.28. The van der Waals surface area contributed by atoms with Gasteiger partial charge in [-0.25, -0.2) is 4.79 Å². The van der Waals surface area contributed by atoms with E-state index in [1.54, 1.807) is 6.92 Å². The first-order valence-corrected chi connectivity index (χ1v) is 5.64. The maximum Gasteiger partial charge on any atom is 0.329 e. The fraction of sp³-hybridized carbons (Fsp3) is 0.700. The zero-order valence-electron chi connectivity index (χ0n) is 9.51. The Morgan fingerprint density at radius 1 is 1.71 bits per heavy atom. The highest BCUT2D eigenvalue weighted by atomic mass is 35.5. The fourth-order valence-electron chi connectivity index (χ4n) is 1.32. The summed E-state index contributed by atoms with van der Waals surface area (Å²) in [5, 5.41) is 2.25. The molecular formula is C10H14ClNO5. The highest BCUT2D eigenvalue weighted by Crippen LogP contribution is 2.27. The van der Waals surface area contributed by atoms with E-state index < -0.39 is 17.6 Å². The minimum absolute atomic E-state index is 0.222. The summed E-state index contributed by atoms with van der Waals surface area (Å²) in [5.41, 5.74) is -0.876. The van der Waals surface area contributed by atoms with Crippen LogP contribution in [0, 0.1) is 5.92 Å². The van der Waals surface area contributed by atoms with Gasteiger partial charge in [0.15, 0.2) is 5.56 Å². The van der Waals surface area contributed by atoms with Gasteiger partial charge in [0.25, 0.3) is 0 Å². The molecule has 0 bridgehead atoms. The molecule has 0 aromatic rings. The van der Waals surface area contributed by atoms with Crippen LogP contribution in [0.4, 0.5) is 0 Å². The van der Waals surface area contributed by atoms with Crippen LogP contribution in [0.3, 0.4) is 0 Å². The molecule has 7 heteroatoms. The van der Waals surface area contributed by atoms with E-state index in [0.717, 1.165) is 0 Å². The molecule has 1 fully saturated rings. The lowest BCUT2D eigenvalue weighted by atomic mass is 9.97. The van der Waals surface area contributed by atoms with Gasteiger partial charge in [-0.15, -0.1) is 0 Å². The Hall–Kier alpha value is -1.30. The number of rotatable bonds is 6. The number of carbonyl (C=O) groups excluding carboxylic acids is 3. The smallest absolute Gasteiger partial charge is 0.329 e. The molecule has 0 aliphatic carbocycles. The molecule has 96 valence electrons. The van der Waals surface area contributed by atoms with Gasteiger partial charge in [0, 0.05) is 6.42 Å². The molecule has 0 unspecified atom stereocenters. The monoisotopic (exact) mass is 263 g/mol. The summed E-state index contributed by atoms with van der Waals surface area (Å²) in [6.45, 7) is 3.20. The fourth-order valence-corrected chi connectivity index (χ4v) is 1.58. The number of cyclic esters (lactones) is 1. The zero-order valence-corrected chi connectivity index (χ0v) is 10.3. The minimum Gasteiger partial charge on any atom is -0.461 e. The van der Waals surface area contributed by atoms with Crippen molar-refractivity contribution < 1.29 is 23.9 Å². The van der Waals surface area contributed by atoms with Gasteiger partial charge in [0.1, 0.15) is 12.1 Å². The number of halogens is 1. The summed E-state index contributed by atoms with van der Waals surface area (Å²) < 4.78 is 9.69. The molecule has 17 heavy (non-hydrogen) atoms. The second kappa shape index (κ2) is 5.86. The maximum absolute atomic E-state index is 11.3. The van der Waals surface area contributed by atoms with Gasteiger partial charge >= 0.3 is 11.9 Å². The average molecular weight is 264 g/mol. The molecule has 0 aromatic heterocycles. The lowest BCUT2D eigenvalue weighted by Gasteiger charge is -2.33. The largest absolute Gasteiger partial charge is 0.461 e. The molecule has 1 amide bonds.